The Kier molecular flexibility index (Phi) is 9.46. The Bertz CT molecular complexity index is 848. The summed E-state index contributed by atoms with van der Waals surface area (Å²) in [5.74, 6) is 0. The minimum atomic E-state index is 0.296. The molecule has 3 nitrogen and oxygen atoms in total. The van der Waals surface area contributed by atoms with E-state index in [-0.39, 0.29) is 0 Å². The number of hydrogen-bond acceptors (Lipinski definition) is 3. The molecule has 0 bridgehead atoms. The minimum Gasteiger partial charge on any atom is -0.464 e. The molecule has 0 radical (unpaired) electrons. The Morgan fingerprint density at radius 2 is 1.20 bits per heavy atom. The monoisotopic (exact) mass is 408 g/mol. The molecule has 0 aliphatic rings. The molecule has 3 aromatic rings. The lowest BCUT2D eigenvalue weighted by Crippen LogP contribution is -2.02. The van der Waals surface area contributed by atoms with Crippen LogP contribution in [0.4, 0.5) is 0 Å². The van der Waals surface area contributed by atoms with Gasteiger partial charge in [-0.2, -0.15) is 0 Å². The summed E-state index contributed by atoms with van der Waals surface area (Å²) in [7, 11) is 0. The van der Waals surface area contributed by atoms with Crippen LogP contribution >= 0.6 is 0 Å². The Morgan fingerprint density at radius 1 is 0.600 bits per heavy atom. The second-order valence-electron chi connectivity index (χ2n) is 8.26. The molecule has 0 atom stereocenters. The van der Waals surface area contributed by atoms with Gasteiger partial charge in [0.2, 0.25) is 0 Å². The molecule has 0 fully saturated rings. The molecule has 0 saturated heterocycles. The number of fused-ring (bicyclic) bond motifs is 1. The molecule has 162 valence electrons. The highest BCUT2D eigenvalue weighted by molar-refractivity contribution is 5.81. The van der Waals surface area contributed by atoms with Crippen molar-refractivity contribution in [2.45, 2.75) is 70.6 Å². The van der Waals surface area contributed by atoms with Crippen molar-refractivity contribution in [1.82, 2.24) is 0 Å². The number of aliphatic hydroxyl groups excluding tert-OH is 2. The molecule has 30 heavy (non-hydrogen) atoms. The largest absolute Gasteiger partial charge is 0.464 e. The zero-order valence-corrected chi connectivity index (χ0v) is 18.1. The van der Waals surface area contributed by atoms with Gasteiger partial charge >= 0.3 is 0 Å². The maximum Gasteiger partial charge on any atom is 0.134 e. The van der Waals surface area contributed by atoms with E-state index in [4.69, 9.17) is 14.6 Å². The van der Waals surface area contributed by atoms with Crippen LogP contribution in [-0.2, 0) is 19.3 Å². The number of aryl methyl sites for hydroxylation is 2. The van der Waals surface area contributed by atoms with Crippen molar-refractivity contribution in [3.05, 3.63) is 71.0 Å². The predicted molar refractivity (Wildman–Crippen MR) is 124 cm³/mol. The fourth-order valence-electron chi connectivity index (χ4n) is 4.31. The van der Waals surface area contributed by atoms with E-state index in [2.05, 4.69) is 30.3 Å². The molecule has 0 unspecified atom stereocenters. The maximum absolute atomic E-state index is 9.01. The van der Waals surface area contributed by atoms with Gasteiger partial charge in [-0.1, -0.05) is 62.1 Å². The van der Waals surface area contributed by atoms with Gasteiger partial charge < -0.3 is 14.6 Å². The molecule has 0 saturated carbocycles. The molecule has 3 rings (SSSR count). The lowest BCUT2D eigenvalue weighted by Gasteiger charge is -2.15. The van der Waals surface area contributed by atoms with Crippen LogP contribution in [0.25, 0.3) is 11.0 Å². The highest BCUT2D eigenvalue weighted by atomic mass is 16.3. The number of furan rings is 1. The van der Waals surface area contributed by atoms with Crippen LogP contribution in [-0.4, -0.2) is 23.4 Å². The topological polar surface area (TPSA) is 53.6 Å². The summed E-state index contributed by atoms with van der Waals surface area (Å²) in [6.45, 7) is 0.592. The molecule has 0 amide bonds. The van der Waals surface area contributed by atoms with Crippen LogP contribution in [0, 0.1) is 0 Å². The average Bonchev–Trinajstić information content (AvgIpc) is 3.18. The predicted octanol–water partition coefficient (Wildman–Crippen LogP) is 6.21. The van der Waals surface area contributed by atoms with Gasteiger partial charge in [-0.3, -0.25) is 0 Å². The van der Waals surface area contributed by atoms with Gasteiger partial charge in [0.15, 0.2) is 0 Å². The Hall–Kier alpha value is -2.10. The zero-order valence-electron chi connectivity index (χ0n) is 18.1. The van der Waals surface area contributed by atoms with Crippen molar-refractivity contribution in [3.8, 4) is 0 Å². The summed E-state index contributed by atoms with van der Waals surface area (Å²) in [5, 5.41) is 19.2. The minimum absolute atomic E-state index is 0.296. The van der Waals surface area contributed by atoms with Gasteiger partial charge in [0, 0.05) is 30.6 Å². The van der Waals surface area contributed by atoms with Gasteiger partial charge in [0.25, 0.3) is 0 Å². The van der Waals surface area contributed by atoms with Crippen molar-refractivity contribution >= 4 is 11.0 Å². The van der Waals surface area contributed by atoms with Gasteiger partial charge in [-0.05, 0) is 61.3 Å². The second-order valence-corrected chi connectivity index (χ2v) is 8.26. The van der Waals surface area contributed by atoms with Crippen LogP contribution in [0.2, 0.25) is 0 Å². The van der Waals surface area contributed by atoms with E-state index in [1.54, 1.807) is 0 Å². The SMILES string of the molecule is OCCCCCCc1cccc(CCCCCCO)c1Cc1coc2ccccc12. The first-order valence-electron chi connectivity index (χ1n) is 11.6. The van der Waals surface area contributed by atoms with Crippen LogP contribution in [0.5, 0.6) is 0 Å². The van der Waals surface area contributed by atoms with Crippen molar-refractivity contribution in [2.24, 2.45) is 0 Å². The molecule has 3 heteroatoms. The average molecular weight is 409 g/mol. The lowest BCUT2D eigenvalue weighted by molar-refractivity contribution is 0.282. The van der Waals surface area contributed by atoms with Gasteiger partial charge in [0.05, 0.1) is 6.26 Å². The second kappa shape index (κ2) is 12.6. The number of para-hydroxylation sites is 1. The fraction of sp³-hybridized carbons (Fsp3) is 0.481. The number of unbranched alkanes of at least 4 members (excludes halogenated alkanes) is 6. The molecule has 1 aromatic heterocycles. The van der Waals surface area contributed by atoms with E-state index in [1.165, 1.54) is 53.3 Å². The summed E-state index contributed by atoms with van der Waals surface area (Å²) in [4.78, 5) is 0. The Morgan fingerprint density at radius 3 is 1.83 bits per heavy atom. The number of hydrogen-bond donors (Lipinski definition) is 2. The molecule has 2 aromatic carbocycles. The van der Waals surface area contributed by atoms with Gasteiger partial charge in [0.1, 0.15) is 5.58 Å². The van der Waals surface area contributed by atoms with Crippen LogP contribution in [0.1, 0.15) is 73.6 Å². The normalized spacial score (nSPS) is 11.4. The Balaban J connectivity index is 1.76. The van der Waals surface area contributed by atoms with E-state index >= 15 is 0 Å². The van der Waals surface area contributed by atoms with E-state index in [0.717, 1.165) is 50.5 Å². The van der Waals surface area contributed by atoms with Crippen molar-refractivity contribution in [2.75, 3.05) is 13.2 Å². The standard InChI is InChI=1S/C27H36O3/c28-18-9-3-1-5-12-22-14-11-15-23(13-6-2-4-10-19-29)26(22)20-24-21-30-27-17-8-7-16-25(24)27/h7-8,11,14-17,21,28-29H,1-6,9-10,12-13,18-20H2. The highest BCUT2D eigenvalue weighted by Gasteiger charge is 2.13. The van der Waals surface area contributed by atoms with E-state index in [1.807, 2.05) is 18.4 Å². The van der Waals surface area contributed by atoms with Crippen molar-refractivity contribution in [3.63, 3.8) is 0 Å². The van der Waals surface area contributed by atoms with Crippen molar-refractivity contribution < 1.29 is 14.6 Å². The van der Waals surface area contributed by atoms with Crippen LogP contribution in [0.15, 0.2) is 53.1 Å². The van der Waals surface area contributed by atoms with E-state index in [9.17, 15) is 0 Å². The summed E-state index contributed by atoms with van der Waals surface area (Å²) >= 11 is 0. The Labute approximate surface area is 180 Å². The summed E-state index contributed by atoms with van der Waals surface area (Å²) < 4.78 is 5.80. The van der Waals surface area contributed by atoms with E-state index < -0.39 is 0 Å². The summed E-state index contributed by atoms with van der Waals surface area (Å²) in [6, 6.07) is 15.1. The molecule has 1 heterocycles. The summed E-state index contributed by atoms with van der Waals surface area (Å²) in [5.41, 5.74) is 6.60. The van der Waals surface area contributed by atoms with Gasteiger partial charge in [-0.25, -0.2) is 0 Å². The first-order valence-corrected chi connectivity index (χ1v) is 11.6. The lowest BCUT2D eigenvalue weighted by atomic mass is 9.89. The first kappa shape index (κ1) is 22.6. The first-order chi connectivity index (χ1) is 14.8. The zero-order chi connectivity index (χ0) is 21.0. The third-order valence-corrected chi connectivity index (χ3v) is 6.01. The third-order valence-electron chi connectivity index (χ3n) is 6.01. The van der Waals surface area contributed by atoms with Gasteiger partial charge in [-0.15, -0.1) is 0 Å². The number of benzene rings is 2. The highest BCUT2D eigenvalue weighted by Crippen LogP contribution is 2.28. The van der Waals surface area contributed by atoms with E-state index in [0.29, 0.717) is 13.2 Å². The van der Waals surface area contributed by atoms with Crippen LogP contribution < -0.4 is 0 Å². The molecule has 2 N–H and O–H groups in total. The molecular weight excluding hydrogens is 372 g/mol. The number of rotatable bonds is 14. The quantitative estimate of drug-likeness (QED) is 0.312. The van der Waals surface area contributed by atoms with Crippen LogP contribution in [0.3, 0.4) is 0 Å². The van der Waals surface area contributed by atoms with Crippen molar-refractivity contribution in [1.29, 1.82) is 0 Å². The maximum atomic E-state index is 9.01. The third kappa shape index (κ3) is 6.45. The molecule has 0 aliphatic carbocycles. The molecule has 0 spiro atoms. The molecular formula is C27H36O3. The number of aliphatic hydroxyl groups is 2. The fourth-order valence-corrected chi connectivity index (χ4v) is 4.31. The summed E-state index contributed by atoms with van der Waals surface area (Å²) in [6.07, 6.45) is 13.7. The smallest absolute Gasteiger partial charge is 0.134 e. The molecule has 0 aliphatic heterocycles.